The predicted octanol–water partition coefficient (Wildman–Crippen LogP) is 3.85. The Morgan fingerprint density at radius 3 is 2.58 bits per heavy atom. The second-order valence-electron chi connectivity index (χ2n) is 5.31. The van der Waals surface area contributed by atoms with E-state index < -0.39 is 0 Å². The van der Waals surface area contributed by atoms with Crippen LogP contribution in [-0.2, 0) is 11.2 Å². The minimum Gasteiger partial charge on any atom is -0.326 e. The molecule has 19 heavy (non-hydrogen) atoms. The zero-order valence-corrected chi connectivity index (χ0v) is 11.2. The van der Waals surface area contributed by atoms with Crippen molar-refractivity contribution in [3.05, 3.63) is 53.6 Å². The molecule has 2 aromatic rings. The van der Waals surface area contributed by atoms with E-state index >= 15 is 0 Å². The first-order valence-corrected chi connectivity index (χ1v) is 6.68. The van der Waals surface area contributed by atoms with Gasteiger partial charge in [0.05, 0.1) is 0 Å². The Morgan fingerprint density at radius 1 is 1.05 bits per heavy atom. The van der Waals surface area contributed by atoms with Gasteiger partial charge in [0.15, 0.2) is 0 Å². The van der Waals surface area contributed by atoms with Gasteiger partial charge in [0.2, 0.25) is 5.91 Å². The van der Waals surface area contributed by atoms with Gasteiger partial charge in [-0.05, 0) is 28.3 Å². The van der Waals surface area contributed by atoms with Crippen molar-refractivity contribution in [3.8, 4) is 11.1 Å². The van der Waals surface area contributed by atoms with Crippen LogP contribution in [0.15, 0.2) is 42.5 Å². The van der Waals surface area contributed by atoms with E-state index in [0.29, 0.717) is 0 Å². The summed E-state index contributed by atoms with van der Waals surface area (Å²) in [5.41, 5.74) is 6.06. The lowest BCUT2D eigenvalue weighted by Crippen LogP contribution is -2.18. The number of hydrogen-bond acceptors (Lipinski definition) is 1. The molecule has 2 aromatic carbocycles. The molecule has 1 amide bonds. The number of fused-ring (bicyclic) bond motifs is 3. The number of anilines is 1. The van der Waals surface area contributed by atoms with Crippen LogP contribution in [0.5, 0.6) is 0 Å². The number of carbonyl (C=O) groups is 1. The Morgan fingerprint density at radius 2 is 1.79 bits per heavy atom. The third-order valence-corrected chi connectivity index (χ3v) is 3.63. The SMILES string of the molecule is CC(C)C(=O)Nc1cccc2c1Cc1ccccc1-2. The van der Waals surface area contributed by atoms with Gasteiger partial charge >= 0.3 is 0 Å². The van der Waals surface area contributed by atoms with Gasteiger partial charge in [-0.15, -0.1) is 0 Å². The van der Waals surface area contributed by atoms with E-state index in [-0.39, 0.29) is 11.8 Å². The summed E-state index contributed by atoms with van der Waals surface area (Å²) in [7, 11) is 0. The van der Waals surface area contributed by atoms with Crippen molar-refractivity contribution >= 4 is 11.6 Å². The van der Waals surface area contributed by atoms with Gasteiger partial charge < -0.3 is 5.32 Å². The molecular formula is C17H17NO. The minimum atomic E-state index is -0.000338. The third-order valence-electron chi connectivity index (χ3n) is 3.63. The fourth-order valence-corrected chi connectivity index (χ4v) is 2.55. The van der Waals surface area contributed by atoms with Crippen LogP contribution in [0.4, 0.5) is 5.69 Å². The lowest BCUT2D eigenvalue weighted by atomic mass is 10.0. The molecule has 3 rings (SSSR count). The monoisotopic (exact) mass is 251 g/mol. The van der Waals surface area contributed by atoms with Crippen LogP contribution in [0.25, 0.3) is 11.1 Å². The zero-order chi connectivity index (χ0) is 13.4. The number of hydrogen-bond donors (Lipinski definition) is 1. The highest BCUT2D eigenvalue weighted by molar-refractivity contribution is 5.95. The molecule has 1 aliphatic rings. The molecule has 1 N–H and O–H groups in total. The Balaban J connectivity index is 2.01. The van der Waals surface area contributed by atoms with E-state index in [1.807, 2.05) is 26.0 Å². The molecule has 2 nitrogen and oxygen atoms in total. The molecule has 0 fully saturated rings. The molecule has 0 aromatic heterocycles. The average Bonchev–Trinajstić information content (AvgIpc) is 2.78. The van der Waals surface area contributed by atoms with E-state index in [1.54, 1.807) is 0 Å². The Bertz CT molecular complexity index is 643. The van der Waals surface area contributed by atoms with Crippen LogP contribution in [0.3, 0.4) is 0 Å². The first-order chi connectivity index (χ1) is 9.16. The molecule has 0 bridgehead atoms. The van der Waals surface area contributed by atoms with E-state index in [9.17, 15) is 4.79 Å². The largest absolute Gasteiger partial charge is 0.326 e. The standard InChI is InChI=1S/C17H17NO/c1-11(2)17(19)18-16-9-5-8-14-13-7-4-3-6-12(13)10-15(14)16/h3-9,11H,10H2,1-2H3,(H,18,19). The summed E-state index contributed by atoms with van der Waals surface area (Å²) in [6, 6.07) is 14.6. The van der Waals surface area contributed by atoms with E-state index in [4.69, 9.17) is 0 Å². The van der Waals surface area contributed by atoms with Gasteiger partial charge in [-0.2, -0.15) is 0 Å². The molecule has 0 aliphatic heterocycles. The number of rotatable bonds is 2. The molecule has 2 heteroatoms. The minimum absolute atomic E-state index is 0.000338. The molecule has 0 saturated heterocycles. The van der Waals surface area contributed by atoms with Crippen molar-refractivity contribution < 1.29 is 4.79 Å². The fraction of sp³-hybridized carbons (Fsp3) is 0.235. The van der Waals surface area contributed by atoms with Crippen molar-refractivity contribution in [2.45, 2.75) is 20.3 Å². The van der Waals surface area contributed by atoms with Crippen molar-refractivity contribution in [2.75, 3.05) is 5.32 Å². The van der Waals surface area contributed by atoms with E-state index in [1.165, 1.54) is 22.3 Å². The summed E-state index contributed by atoms with van der Waals surface area (Å²) in [5.74, 6) is 0.0731. The summed E-state index contributed by atoms with van der Waals surface area (Å²) in [6.45, 7) is 3.82. The zero-order valence-electron chi connectivity index (χ0n) is 11.2. The lowest BCUT2D eigenvalue weighted by molar-refractivity contribution is -0.118. The summed E-state index contributed by atoms with van der Waals surface area (Å²) < 4.78 is 0. The molecule has 0 radical (unpaired) electrons. The lowest BCUT2D eigenvalue weighted by Gasteiger charge is -2.12. The number of nitrogens with one attached hydrogen (secondary N) is 1. The summed E-state index contributed by atoms with van der Waals surface area (Å²) in [4.78, 5) is 11.9. The first kappa shape index (κ1) is 12.0. The number of benzene rings is 2. The highest BCUT2D eigenvalue weighted by atomic mass is 16.1. The fourth-order valence-electron chi connectivity index (χ4n) is 2.55. The summed E-state index contributed by atoms with van der Waals surface area (Å²) >= 11 is 0. The Hall–Kier alpha value is -2.09. The number of amides is 1. The second kappa shape index (κ2) is 4.54. The number of carbonyl (C=O) groups excluding carboxylic acids is 1. The Kier molecular flexibility index (Phi) is 2.86. The second-order valence-corrected chi connectivity index (χ2v) is 5.31. The smallest absolute Gasteiger partial charge is 0.226 e. The van der Waals surface area contributed by atoms with Crippen LogP contribution in [0.1, 0.15) is 25.0 Å². The van der Waals surface area contributed by atoms with Crippen LogP contribution < -0.4 is 5.32 Å². The third kappa shape index (κ3) is 2.03. The predicted molar refractivity (Wildman–Crippen MR) is 78.2 cm³/mol. The quantitative estimate of drug-likeness (QED) is 0.736. The first-order valence-electron chi connectivity index (χ1n) is 6.68. The topological polar surface area (TPSA) is 29.1 Å². The van der Waals surface area contributed by atoms with E-state index in [0.717, 1.165) is 12.1 Å². The normalized spacial score (nSPS) is 12.2. The highest BCUT2D eigenvalue weighted by Crippen LogP contribution is 2.39. The molecule has 96 valence electrons. The van der Waals surface area contributed by atoms with Crippen LogP contribution in [0.2, 0.25) is 0 Å². The molecule has 0 saturated carbocycles. The van der Waals surface area contributed by atoms with Gasteiger partial charge in [0.1, 0.15) is 0 Å². The molecule has 0 atom stereocenters. The molecular weight excluding hydrogens is 234 g/mol. The molecule has 0 unspecified atom stereocenters. The maximum absolute atomic E-state index is 11.9. The van der Waals surface area contributed by atoms with Crippen molar-refractivity contribution in [3.63, 3.8) is 0 Å². The maximum Gasteiger partial charge on any atom is 0.226 e. The summed E-state index contributed by atoms with van der Waals surface area (Å²) in [5, 5.41) is 3.04. The van der Waals surface area contributed by atoms with Gasteiger partial charge in [0.25, 0.3) is 0 Å². The summed E-state index contributed by atoms with van der Waals surface area (Å²) in [6.07, 6.45) is 0.903. The van der Waals surface area contributed by atoms with Crippen molar-refractivity contribution in [1.82, 2.24) is 0 Å². The van der Waals surface area contributed by atoms with Gasteiger partial charge in [0, 0.05) is 18.0 Å². The molecule has 0 heterocycles. The maximum atomic E-state index is 11.9. The van der Waals surface area contributed by atoms with Gasteiger partial charge in [-0.1, -0.05) is 50.2 Å². The van der Waals surface area contributed by atoms with Crippen molar-refractivity contribution in [2.24, 2.45) is 5.92 Å². The van der Waals surface area contributed by atoms with Crippen LogP contribution >= 0.6 is 0 Å². The average molecular weight is 251 g/mol. The van der Waals surface area contributed by atoms with Gasteiger partial charge in [-0.3, -0.25) is 4.79 Å². The molecule has 0 spiro atoms. The van der Waals surface area contributed by atoms with Crippen molar-refractivity contribution in [1.29, 1.82) is 0 Å². The molecule has 1 aliphatic carbocycles. The highest BCUT2D eigenvalue weighted by Gasteiger charge is 2.21. The van der Waals surface area contributed by atoms with Gasteiger partial charge in [-0.25, -0.2) is 0 Å². The van der Waals surface area contributed by atoms with E-state index in [2.05, 4.69) is 35.6 Å². The van der Waals surface area contributed by atoms with Crippen LogP contribution in [-0.4, -0.2) is 5.91 Å². The Labute approximate surface area is 113 Å². The van der Waals surface area contributed by atoms with Crippen LogP contribution in [0, 0.1) is 5.92 Å².